The van der Waals surface area contributed by atoms with Gasteiger partial charge in [0.15, 0.2) is 5.60 Å². The zero-order valence-electron chi connectivity index (χ0n) is 8.86. The van der Waals surface area contributed by atoms with E-state index in [1.165, 1.54) is 14.0 Å². The highest BCUT2D eigenvalue weighted by Crippen LogP contribution is 2.26. The van der Waals surface area contributed by atoms with Crippen molar-refractivity contribution in [3.8, 4) is 0 Å². The van der Waals surface area contributed by atoms with Gasteiger partial charge in [-0.15, -0.1) is 0 Å². The van der Waals surface area contributed by atoms with Gasteiger partial charge in [-0.2, -0.15) is 0 Å². The Labute approximate surface area is 89.0 Å². The first-order chi connectivity index (χ1) is 7.00. The number of ether oxygens (including phenoxy) is 1. The van der Waals surface area contributed by atoms with Crippen LogP contribution >= 0.6 is 0 Å². The van der Waals surface area contributed by atoms with Gasteiger partial charge in [0.05, 0.1) is 7.11 Å². The summed E-state index contributed by atoms with van der Waals surface area (Å²) < 4.78 is 4.51. The summed E-state index contributed by atoms with van der Waals surface area (Å²) in [5.41, 5.74) is -0.640. The van der Waals surface area contributed by atoms with Crippen LogP contribution in [0.15, 0.2) is 36.9 Å². The summed E-state index contributed by atoms with van der Waals surface area (Å²) in [5.74, 6) is -0.712. The molecule has 0 saturated heterocycles. The molecule has 1 rings (SSSR count). The van der Waals surface area contributed by atoms with Gasteiger partial charge in [0.1, 0.15) is 0 Å². The molecule has 0 radical (unpaired) electrons. The summed E-state index contributed by atoms with van der Waals surface area (Å²) >= 11 is 0. The summed E-state index contributed by atoms with van der Waals surface area (Å²) in [6, 6.07) is 9.03. The van der Waals surface area contributed by atoms with Crippen molar-refractivity contribution >= 4 is 11.5 Å². The SMILES string of the molecule is C=C(c1ccccc1)C(C)(O)C(=O)OC. The molecule has 0 aliphatic heterocycles. The van der Waals surface area contributed by atoms with E-state index in [4.69, 9.17) is 0 Å². The summed E-state index contributed by atoms with van der Waals surface area (Å²) in [7, 11) is 1.23. The van der Waals surface area contributed by atoms with Gasteiger partial charge >= 0.3 is 5.97 Å². The van der Waals surface area contributed by atoms with Gasteiger partial charge in [-0.3, -0.25) is 0 Å². The van der Waals surface area contributed by atoms with E-state index in [0.717, 1.165) is 0 Å². The Bertz CT molecular complexity index is 366. The molecule has 1 unspecified atom stereocenters. The van der Waals surface area contributed by atoms with E-state index in [-0.39, 0.29) is 0 Å². The number of rotatable bonds is 3. The summed E-state index contributed by atoms with van der Waals surface area (Å²) in [6.45, 7) is 5.08. The van der Waals surface area contributed by atoms with Gasteiger partial charge in [0.2, 0.25) is 0 Å². The molecular formula is C12H14O3. The maximum atomic E-state index is 11.3. The van der Waals surface area contributed by atoms with Crippen LogP contribution in [0, 0.1) is 0 Å². The number of carbonyl (C=O) groups is 1. The largest absolute Gasteiger partial charge is 0.467 e. The average Bonchev–Trinajstić information content (AvgIpc) is 2.28. The van der Waals surface area contributed by atoms with E-state index in [1.807, 2.05) is 18.2 Å². The molecule has 80 valence electrons. The Morgan fingerprint density at radius 3 is 2.40 bits per heavy atom. The molecule has 3 nitrogen and oxygen atoms in total. The standard InChI is InChI=1S/C12H14O3/c1-9(10-7-5-4-6-8-10)12(2,14)11(13)15-3/h4-8,14H,1H2,2-3H3. The highest BCUT2D eigenvalue weighted by atomic mass is 16.5. The minimum Gasteiger partial charge on any atom is -0.467 e. The van der Waals surface area contributed by atoms with E-state index in [2.05, 4.69) is 11.3 Å². The van der Waals surface area contributed by atoms with E-state index in [1.54, 1.807) is 12.1 Å². The smallest absolute Gasteiger partial charge is 0.342 e. The van der Waals surface area contributed by atoms with Crippen LogP contribution in [0.3, 0.4) is 0 Å². The molecule has 1 aromatic carbocycles. The highest BCUT2D eigenvalue weighted by Gasteiger charge is 2.35. The van der Waals surface area contributed by atoms with Crippen molar-refractivity contribution in [1.82, 2.24) is 0 Å². The van der Waals surface area contributed by atoms with Crippen LogP contribution in [0.1, 0.15) is 12.5 Å². The van der Waals surface area contributed by atoms with Crippen LogP contribution in [-0.4, -0.2) is 23.8 Å². The number of methoxy groups -OCH3 is 1. The molecule has 0 aliphatic carbocycles. The molecule has 0 aromatic heterocycles. The normalized spacial score (nSPS) is 14.1. The van der Waals surface area contributed by atoms with E-state index >= 15 is 0 Å². The minimum absolute atomic E-state index is 0.329. The van der Waals surface area contributed by atoms with Crippen molar-refractivity contribution in [3.63, 3.8) is 0 Å². The second-order valence-electron chi connectivity index (χ2n) is 3.41. The van der Waals surface area contributed by atoms with Gasteiger partial charge in [0, 0.05) is 0 Å². The van der Waals surface area contributed by atoms with Crippen LogP contribution in [0.4, 0.5) is 0 Å². The lowest BCUT2D eigenvalue weighted by atomic mass is 9.91. The third-order valence-corrected chi connectivity index (χ3v) is 2.29. The predicted octanol–water partition coefficient (Wildman–Crippen LogP) is 1.62. The lowest BCUT2D eigenvalue weighted by Gasteiger charge is -2.22. The maximum absolute atomic E-state index is 11.3. The summed E-state index contributed by atoms with van der Waals surface area (Å²) in [6.07, 6.45) is 0. The molecule has 0 bridgehead atoms. The van der Waals surface area contributed by atoms with Crippen LogP contribution in [0.25, 0.3) is 5.57 Å². The molecule has 1 N–H and O–H groups in total. The molecule has 0 fully saturated rings. The second kappa shape index (κ2) is 4.28. The van der Waals surface area contributed by atoms with Crippen molar-refractivity contribution in [3.05, 3.63) is 42.5 Å². The van der Waals surface area contributed by atoms with Crippen molar-refractivity contribution in [2.75, 3.05) is 7.11 Å². The van der Waals surface area contributed by atoms with Crippen LogP contribution in [0.2, 0.25) is 0 Å². The third kappa shape index (κ3) is 2.25. The first kappa shape index (κ1) is 11.5. The first-order valence-corrected chi connectivity index (χ1v) is 4.55. The van der Waals surface area contributed by atoms with E-state index < -0.39 is 11.6 Å². The van der Waals surface area contributed by atoms with Crippen LogP contribution < -0.4 is 0 Å². The molecular weight excluding hydrogens is 192 g/mol. The number of hydrogen-bond donors (Lipinski definition) is 1. The van der Waals surface area contributed by atoms with Gasteiger partial charge in [0.25, 0.3) is 0 Å². The zero-order valence-corrected chi connectivity index (χ0v) is 8.86. The molecule has 0 aliphatic rings. The van der Waals surface area contributed by atoms with Crippen molar-refractivity contribution < 1.29 is 14.6 Å². The second-order valence-corrected chi connectivity index (χ2v) is 3.41. The van der Waals surface area contributed by atoms with Crippen molar-refractivity contribution in [2.45, 2.75) is 12.5 Å². The third-order valence-electron chi connectivity index (χ3n) is 2.29. The Morgan fingerprint density at radius 1 is 1.40 bits per heavy atom. The molecule has 1 aromatic rings. The molecule has 15 heavy (non-hydrogen) atoms. The van der Waals surface area contributed by atoms with E-state index in [9.17, 15) is 9.90 Å². The Balaban J connectivity index is 3.00. The quantitative estimate of drug-likeness (QED) is 0.764. The van der Waals surface area contributed by atoms with Gasteiger partial charge in [-0.25, -0.2) is 4.79 Å². The monoisotopic (exact) mass is 206 g/mol. The lowest BCUT2D eigenvalue weighted by molar-refractivity contribution is -0.154. The molecule has 0 amide bonds. The highest BCUT2D eigenvalue weighted by molar-refractivity contribution is 5.94. The molecule has 0 saturated carbocycles. The van der Waals surface area contributed by atoms with Gasteiger partial charge in [-0.1, -0.05) is 36.9 Å². The fourth-order valence-corrected chi connectivity index (χ4v) is 1.24. The number of hydrogen-bond acceptors (Lipinski definition) is 3. The Hall–Kier alpha value is -1.61. The Morgan fingerprint density at radius 2 is 1.93 bits per heavy atom. The van der Waals surface area contributed by atoms with Gasteiger partial charge in [-0.05, 0) is 18.1 Å². The molecule has 3 heteroatoms. The molecule has 0 heterocycles. The maximum Gasteiger partial charge on any atom is 0.342 e. The predicted molar refractivity (Wildman–Crippen MR) is 58.1 cm³/mol. The number of carbonyl (C=O) groups excluding carboxylic acids is 1. The first-order valence-electron chi connectivity index (χ1n) is 4.55. The fraction of sp³-hybridized carbons (Fsp3) is 0.250. The Kier molecular flexibility index (Phi) is 3.27. The molecule has 0 spiro atoms. The van der Waals surface area contributed by atoms with Crippen LogP contribution in [0.5, 0.6) is 0 Å². The van der Waals surface area contributed by atoms with E-state index in [0.29, 0.717) is 11.1 Å². The topological polar surface area (TPSA) is 46.5 Å². The molecule has 1 atom stereocenters. The number of benzene rings is 1. The minimum atomic E-state index is -1.68. The number of esters is 1. The fourth-order valence-electron chi connectivity index (χ4n) is 1.24. The summed E-state index contributed by atoms with van der Waals surface area (Å²) in [5, 5.41) is 9.93. The summed E-state index contributed by atoms with van der Waals surface area (Å²) in [4.78, 5) is 11.3. The van der Waals surface area contributed by atoms with Crippen molar-refractivity contribution in [1.29, 1.82) is 0 Å². The number of aliphatic hydroxyl groups is 1. The average molecular weight is 206 g/mol. The van der Waals surface area contributed by atoms with Crippen molar-refractivity contribution in [2.24, 2.45) is 0 Å². The van der Waals surface area contributed by atoms with Crippen LogP contribution in [-0.2, 0) is 9.53 Å². The lowest BCUT2D eigenvalue weighted by Crippen LogP contribution is -2.37. The van der Waals surface area contributed by atoms with Gasteiger partial charge < -0.3 is 9.84 Å². The zero-order chi connectivity index (χ0) is 11.5.